The van der Waals surface area contributed by atoms with E-state index in [9.17, 15) is 40.2 Å². The molecule has 13 nitrogen and oxygen atoms in total. The molecule has 29 heavy (non-hydrogen) atoms. The van der Waals surface area contributed by atoms with E-state index in [0.717, 1.165) is 6.92 Å². The molecule has 2 heterocycles. The molecule has 2 amide bonds. The van der Waals surface area contributed by atoms with Crippen LogP contribution in [0, 0.1) is 0 Å². The molecule has 168 valence electrons. The van der Waals surface area contributed by atoms with Gasteiger partial charge in [-0.05, 0) is 0 Å². The van der Waals surface area contributed by atoms with Gasteiger partial charge in [-0.15, -0.1) is 0 Å². The summed E-state index contributed by atoms with van der Waals surface area (Å²) in [6.07, 6.45) is -13.6. The quantitative estimate of drug-likeness (QED) is 0.202. The Labute approximate surface area is 166 Å². The maximum absolute atomic E-state index is 11.4. The minimum Gasteiger partial charge on any atom is -0.394 e. The van der Waals surface area contributed by atoms with Crippen LogP contribution in [0.4, 0.5) is 0 Å². The second kappa shape index (κ2) is 10.1. The normalized spacial score (nSPS) is 42.9. The number of ether oxygens (including phenoxy) is 3. The molecule has 0 aliphatic carbocycles. The zero-order valence-corrected chi connectivity index (χ0v) is 15.9. The molecular weight excluding hydrogens is 396 g/mol. The SMILES string of the molecule is CC(=O)NC[C@@H]1O[C@@H](O)[C@@H](NC(C)=O)[C@@H](O)[C@@H]1O[C@@H]1O[C@@H](CO)[C@H](O)[C@H](O)[C@@H]1O. The number of hydrogen-bond donors (Lipinski definition) is 8. The van der Waals surface area contributed by atoms with Gasteiger partial charge in [0.2, 0.25) is 11.8 Å². The van der Waals surface area contributed by atoms with Crippen LogP contribution in [0.5, 0.6) is 0 Å². The van der Waals surface area contributed by atoms with E-state index >= 15 is 0 Å². The lowest BCUT2D eigenvalue weighted by Gasteiger charge is -2.46. The molecular formula is C16H28N2O11. The second-order valence-electron chi connectivity index (χ2n) is 7.02. The van der Waals surface area contributed by atoms with Crippen molar-refractivity contribution in [2.24, 2.45) is 0 Å². The van der Waals surface area contributed by atoms with Gasteiger partial charge in [-0.1, -0.05) is 0 Å². The average Bonchev–Trinajstić information content (AvgIpc) is 2.65. The second-order valence-corrected chi connectivity index (χ2v) is 7.02. The van der Waals surface area contributed by atoms with Gasteiger partial charge in [0.1, 0.15) is 48.8 Å². The van der Waals surface area contributed by atoms with E-state index in [1.165, 1.54) is 6.92 Å². The van der Waals surface area contributed by atoms with E-state index in [1.807, 2.05) is 0 Å². The van der Waals surface area contributed by atoms with Crippen molar-refractivity contribution in [1.29, 1.82) is 0 Å². The molecule has 0 saturated carbocycles. The van der Waals surface area contributed by atoms with Gasteiger partial charge in [0, 0.05) is 20.4 Å². The number of rotatable bonds is 6. The number of aliphatic hydroxyl groups excluding tert-OH is 6. The minimum atomic E-state index is -1.74. The van der Waals surface area contributed by atoms with Gasteiger partial charge in [-0.3, -0.25) is 9.59 Å². The van der Waals surface area contributed by atoms with E-state index in [1.54, 1.807) is 0 Å². The molecule has 0 spiro atoms. The predicted octanol–water partition coefficient (Wildman–Crippen LogP) is -5.11. The van der Waals surface area contributed by atoms with Crippen molar-refractivity contribution in [1.82, 2.24) is 10.6 Å². The van der Waals surface area contributed by atoms with Gasteiger partial charge in [0.25, 0.3) is 0 Å². The molecule has 0 aromatic rings. The van der Waals surface area contributed by atoms with Crippen LogP contribution < -0.4 is 10.6 Å². The first-order valence-electron chi connectivity index (χ1n) is 9.06. The summed E-state index contributed by atoms with van der Waals surface area (Å²) in [6, 6.07) is -1.30. The number of carbonyl (C=O) groups is 2. The van der Waals surface area contributed by atoms with Gasteiger partial charge in [0.15, 0.2) is 12.6 Å². The summed E-state index contributed by atoms with van der Waals surface area (Å²) >= 11 is 0. The Morgan fingerprint density at radius 1 is 0.897 bits per heavy atom. The van der Waals surface area contributed by atoms with Gasteiger partial charge < -0.3 is 55.5 Å². The van der Waals surface area contributed by atoms with Gasteiger partial charge >= 0.3 is 0 Å². The summed E-state index contributed by atoms with van der Waals surface area (Å²) in [5.74, 6) is -0.989. The molecule has 0 aromatic carbocycles. The smallest absolute Gasteiger partial charge is 0.217 e. The Bertz CT molecular complexity index is 575. The van der Waals surface area contributed by atoms with E-state index in [-0.39, 0.29) is 6.54 Å². The maximum Gasteiger partial charge on any atom is 0.217 e. The van der Waals surface area contributed by atoms with Crippen LogP contribution in [-0.4, -0.2) is 117 Å². The lowest BCUT2D eigenvalue weighted by molar-refractivity contribution is -0.342. The predicted molar refractivity (Wildman–Crippen MR) is 91.8 cm³/mol. The summed E-state index contributed by atoms with van der Waals surface area (Å²) in [7, 11) is 0. The standard InChI is InChI=1S/C16H28N2O11/c1-5(20)17-3-7-14(11(23)9(15(26)27-7)18-6(2)21)29-16-13(25)12(24)10(22)8(4-19)28-16/h7-16,19,22-26H,3-4H2,1-2H3,(H,17,20)(H,18,21)/t7-,8-,9-,10-,11+,12-,13-,14+,15+,16-/m0/s1. The average molecular weight is 424 g/mol. The molecule has 2 saturated heterocycles. The van der Waals surface area contributed by atoms with Gasteiger partial charge in [0.05, 0.1) is 6.61 Å². The largest absolute Gasteiger partial charge is 0.394 e. The molecule has 0 aromatic heterocycles. The Morgan fingerprint density at radius 3 is 2.10 bits per heavy atom. The highest BCUT2D eigenvalue weighted by atomic mass is 16.7. The van der Waals surface area contributed by atoms with Gasteiger partial charge in [-0.2, -0.15) is 0 Å². The molecule has 8 N–H and O–H groups in total. The van der Waals surface area contributed by atoms with Crippen molar-refractivity contribution in [2.75, 3.05) is 13.2 Å². The Hall–Kier alpha value is -1.42. The number of amides is 2. The molecule has 0 unspecified atom stereocenters. The number of nitrogens with one attached hydrogen (secondary N) is 2. The Kier molecular flexibility index (Phi) is 8.28. The van der Waals surface area contributed by atoms with Crippen LogP contribution in [0.2, 0.25) is 0 Å². The summed E-state index contributed by atoms with van der Waals surface area (Å²) in [4.78, 5) is 22.6. The summed E-state index contributed by atoms with van der Waals surface area (Å²) < 4.78 is 16.2. The van der Waals surface area contributed by atoms with E-state index in [2.05, 4.69) is 10.6 Å². The first kappa shape index (κ1) is 23.9. The summed E-state index contributed by atoms with van der Waals surface area (Å²) in [5.41, 5.74) is 0. The van der Waals surface area contributed by atoms with E-state index < -0.39 is 79.8 Å². The highest BCUT2D eigenvalue weighted by Crippen LogP contribution is 2.28. The van der Waals surface area contributed by atoms with E-state index in [0.29, 0.717) is 0 Å². The maximum atomic E-state index is 11.4. The lowest BCUT2D eigenvalue weighted by atomic mass is 9.95. The number of carbonyl (C=O) groups excluding carboxylic acids is 2. The molecule has 2 aliphatic heterocycles. The zero-order chi connectivity index (χ0) is 21.9. The molecule has 0 radical (unpaired) electrons. The van der Waals surface area contributed by atoms with Crippen LogP contribution in [0.25, 0.3) is 0 Å². The first-order chi connectivity index (χ1) is 13.6. The fourth-order valence-electron chi connectivity index (χ4n) is 3.24. The van der Waals surface area contributed by atoms with Crippen molar-refractivity contribution in [3.63, 3.8) is 0 Å². The van der Waals surface area contributed by atoms with Crippen molar-refractivity contribution in [3.05, 3.63) is 0 Å². The first-order valence-corrected chi connectivity index (χ1v) is 9.06. The molecule has 2 fully saturated rings. The van der Waals surface area contributed by atoms with Crippen LogP contribution in [0.3, 0.4) is 0 Å². The highest BCUT2D eigenvalue weighted by Gasteiger charge is 2.50. The van der Waals surface area contributed by atoms with Crippen molar-refractivity contribution >= 4 is 11.8 Å². The molecule has 13 heteroatoms. The minimum absolute atomic E-state index is 0.196. The highest BCUT2D eigenvalue weighted by molar-refractivity contribution is 5.73. The third-order valence-electron chi connectivity index (χ3n) is 4.75. The third kappa shape index (κ3) is 5.59. The molecule has 10 atom stereocenters. The van der Waals surface area contributed by atoms with Gasteiger partial charge in [-0.25, -0.2) is 0 Å². The topological polar surface area (TPSA) is 207 Å². The Morgan fingerprint density at radius 2 is 1.55 bits per heavy atom. The zero-order valence-electron chi connectivity index (χ0n) is 15.9. The fraction of sp³-hybridized carbons (Fsp3) is 0.875. The van der Waals surface area contributed by atoms with Crippen LogP contribution in [0.1, 0.15) is 13.8 Å². The summed E-state index contributed by atoms with van der Waals surface area (Å²) in [5, 5.41) is 64.7. The summed E-state index contributed by atoms with van der Waals surface area (Å²) in [6.45, 7) is 1.52. The van der Waals surface area contributed by atoms with Crippen LogP contribution in [0.15, 0.2) is 0 Å². The van der Waals surface area contributed by atoms with Crippen molar-refractivity contribution < 1.29 is 54.4 Å². The van der Waals surface area contributed by atoms with Crippen LogP contribution >= 0.6 is 0 Å². The number of aliphatic hydroxyl groups is 6. The fourth-order valence-corrected chi connectivity index (χ4v) is 3.24. The Balaban J connectivity index is 2.22. The van der Waals surface area contributed by atoms with E-state index in [4.69, 9.17) is 14.2 Å². The molecule has 2 aliphatic rings. The van der Waals surface area contributed by atoms with Crippen molar-refractivity contribution in [2.45, 2.75) is 75.2 Å². The molecule has 0 bridgehead atoms. The number of hydrogen-bond acceptors (Lipinski definition) is 11. The van der Waals surface area contributed by atoms with Crippen molar-refractivity contribution in [3.8, 4) is 0 Å². The molecule has 2 rings (SSSR count). The third-order valence-corrected chi connectivity index (χ3v) is 4.75. The monoisotopic (exact) mass is 424 g/mol. The lowest BCUT2D eigenvalue weighted by Crippen LogP contribution is -2.67. The van der Waals surface area contributed by atoms with Crippen LogP contribution in [-0.2, 0) is 23.8 Å².